The van der Waals surface area contributed by atoms with Crippen LogP contribution in [0.2, 0.25) is 0 Å². The average Bonchev–Trinajstić information content (AvgIpc) is 3.94. The first-order valence-corrected chi connectivity index (χ1v) is 28.2. The Morgan fingerprint density at radius 1 is 0.647 bits per heavy atom. The van der Waals surface area contributed by atoms with Gasteiger partial charge >= 0.3 is 49.4 Å². The van der Waals surface area contributed by atoms with Crippen LogP contribution in [-0.2, 0) is 42.4 Å². The maximum atomic E-state index is 11.0. The third-order valence-corrected chi connectivity index (χ3v) is 13.6. The summed E-state index contributed by atoms with van der Waals surface area (Å²) in [6.45, 7) is 9.75. The number of hydrazine groups is 3. The predicted molar refractivity (Wildman–Crippen MR) is 205 cm³/mol. The van der Waals surface area contributed by atoms with Gasteiger partial charge in [0.25, 0.3) is 0 Å². The van der Waals surface area contributed by atoms with Gasteiger partial charge in [0.15, 0.2) is 0 Å². The van der Waals surface area contributed by atoms with Gasteiger partial charge in [-0.1, -0.05) is 12.2 Å². The van der Waals surface area contributed by atoms with E-state index in [1.54, 1.807) is 0 Å². The second-order valence-corrected chi connectivity index (χ2v) is 27.8. The average molecular weight is 1010 g/mol. The normalized spacial score (nSPS) is 44.4. The summed E-state index contributed by atoms with van der Waals surface area (Å²) in [7, 11) is 0.628. The maximum absolute atomic E-state index is 11.0. The molecule has 3 aliphatic carbocycles. The summed E-state index contributed by atoms with van der Waals surface area (Å²) < 4.78 is 0. The number of rotatable bonds is 6. The van der Waals surface area contributed by atoms with E-state index in [-0.39, 0.29) is 54.9 Å². The third kappa shape index (κ3) is 8.82. The van der Waals surface area contributed by atoms with Crippen molar-refractivity contribution in [1.82, 2.24) is 30.1 Å². The van der Waals surface area contributed by atoms with Crippen molar-refractivity contribution in [2.24, 2.45) is 17.8 Å². The smallest absolute Gasteiger partial charge is 0 e. The maximum Gasteiger partial charge on any atom is 0 e. The first-order valence-electron chi connectivity index (χ1n) is 19.1. The summed E-state index contributed by atoms with van der Waals surface area (Å²) in [6, 6.07) is 3.04. The second kappa shape index (κ2) is 19.5. The van der Waals surface area contributed by atoms with Crippen LogP contribution in [0.25, 0.3) is 0 Å². The summed E-state index contributed by atoms with van der Waals surface area (Å²) >= 11 is 4.74. The van der Waals surface area contributed by atoms with Gasteiger partial charge < -0.3 is 24.6 Å². The first kappa shape index (κ1) is 43.2. The van der Waals surface area contributed by atoms with Crippen molar-refractivity contribution in [2.75, 3.05) is 19.6 Å². The van der Waals surface area contributed by atoms with Crippen LogP contribution in [0.1, 0.15) is 91.4 Å². The number of piperidine rings is 2. The molecule has 6 heterocycles. The molecule has 51 heavy (non-hydrogen) atoms. The minimum Gasteiger partial charge on any atom is 0 e. The summed E-state index contributed by atoms with van der Waals surface area (Å²) in [5.41, 5.74) is 0. The molecular weight excluding hydrogens is 952 g/mol. The number of nitrogens with zero attached hydrogens (tertiary/aromatic N) is 6. The molecule has 11 unspecified atom stereocenters. The number of aliphatic hydroxyl groups is 2. The van der Waals surface area contributed by atoms with Gasteiger partial charge in [-0.3, -0.25) is 0 Å². The van der Waals surface area contributed by atoms with Crippen LogP contribution in [0.5, 0.6) is 0 Å². The van der Waals surface area contributed by atoms with E-state index in [0.717, 1.165) is 103 Å². The van der Waals surface area contributed by atoms with Crippen molar-refractivity contribution in [1.29, 1.82) is 0 Å². The van der Waals surface area contributed by atoms with Crippen molar-refractivity contribution >= 4 is 58.8 Å². The number of fused-ring (bicyclic) bond motifs is 6. The molecule has 6 bridgehead atoms. The van der Waals surface area contributed by atoms with E-state index in [2.05, 4.69) is 103 Å². The van der Waals surface area contributed by atoms with Crippen molar-refractivity contribution in [2.45, 2.75) is 158 Å². The fourth-order valence-electron chi connectivity index (χ4n) is 11.2. The third-order valence-electron chi connectivity index (χ3n) is 13.6. The Morgan fingerprint density at radius 3 is 1.63 bits per heavy atom. The first-order chi connectivity index (χ1) is 24.2. The van der Waals surface area contributed by atoms with E-state index in [1.807, 2.05) is 0 Å². The van der Waals surface area contributed by atoms with Crippen molar-refractivity contribution < 1.29 is 52.6 Å². The van der Waals surface area contributed by atoms with Crippen molar-refractivity contribution in [3.8, 4) is 0 Å². The second-order valence-electron chi connectivity index (χ2n) is 16.0. The summed E-state index contributed by atoms with van der Waals surface area (Å²) in [4.78, 5) is 33.1. The van der Waals surface area contributed by atoms with Crippen LogP contribution in [0, 0.1) is 17.8 Å². The van der Waals surface area contributed by atoms with Gasteiger partial charge in [-0.15, -0.1) is 0 Å². The van der Waals surface area contributed by atoms with Crippen LogP contribution in [-0.4, -0.2) is 145 Å². The van der Waals surface area contributed by atoms with Gasteiger partial charge in [-0.05, 0) is 103 Å². The molecule has 9 aliphatic rings. The summed E-state index contributed by atoms with van der Waals surface area (Å²) in [5, 5.41) is 33.8. The van der Waals surface area contributed by atoms with E-state index in [1.165, 1.54) is 6.42 Å². The molecule has 9 rings (SSSR count). The monoisotopic (exact) mass is 1010 g/mol. The molecular formula is C36H58I2N6O5V2. The molecule has 0 aromatic carbocycles. The Balaban J connectivity index is 0.000000141. The van der Waals surface area contributed by atoms with E-state index >= 15 is 0 Å². The number of hydrogen-bond acceptors (Lipinski definition) is 11. The molecule has 0 aromatic rings. The molecule has 14 atom stereocenters. The Morgan fingerprint density at radius 2 is 1.18 bits per heavy atom. The SMILES string of the molecule is CC1C2C=CC(C2)N1N1CCC[C@H]1C=O.CC1C2CC(CC2O)N1N1CCC[C@H]1C=O.CC1C2CC(O)C(C2)N1N1CCC[C@H]1C=O.[I][V][I].[V]. The number of aliphatic hydroxyl groups excluding tert-OH is 2. The van der Waals surface area contributed by atoms with Crippen molar-refractivity contribution in [3.05, 3.63) is 12.2 Å². The van der Waals surface area contributed by atoms with Gasteiger partial charge in [0.2, 0.25) is 0 Å². The Hall–Kier alpha value is 1.06. The van der Waals surface area contributed by atoms with E-state index in [4.69, 9.17) is 0 Å². The number of carbonyl (C=O) groups excluding carboxylic acids is 3. The van der Waals surface area contributed by atoms with Crippen LogP contribution in [0.3, 0.4) is 0 Å². The quantitative estimate of drug-likeness (QED) is 0.231. The molecule has 2 N–H and O–H groups in total. The molecule has 11 nitrogen and oxygen atoms in total. The van der Waals surface area contributed by atoms with Crippen LogP contribution >= 0.6 is 40.0 Å². The molecule has 0 aromatic heterocycles. The minimum absolute atomic E-state index is 0. The molecule has 6 aliphatic heterocycles. The molecule has 15 heteroatoms. The number of carbonyl (C=O) groups is 3. The summed E-state index contributed by atoms with van der Waals surface area (Å²) in [6.07, 6.45) is 19.3. The fourth-order valence-corrected chi connectivity index (χ4v) is 11.2. The topological polar surface area (TPSA) is 111 Å². The van der Waals surface area contributed by atoms with Crippen LogP contribution in [0.4, 0.5) is 0 Å². The van der Waals surface area contributed by atoms with Gasteiger partial charge in [0.1, 0.15) is 18.9 Å². The largest absolute Gasteiger partial charge is 0 e. The van der Waals surface area contributed by atoms with Gasteiger partial charge in [0.05, 0.1) is 36.4 Å². The molecule has 2 saturated carbocycles. The van der Waals surface area contributed by atoms with Crippen LogP contribution in [0.15, 0.2) is 12.2 Å². The number of aldehydes is 3. The van der Waals surface area contributed by atoms with Crippen LogP contribution < -0.4 is 0 Å². The fraction of sp³-hybridized carbons (Fsp3) is 0.861. The summed E-state index contributed by atoms with van der Waals surface area (Å²) in [5.74, 6) is 1.74. The number of hydrogen-bond donors (Lipinski definition) is 2. The molecule has 0 spiro atoms. The van der Waals surface area contributed by atoms with E-state index in [0.29, 0.717) is 57.4 Å². The Labute approximate surface area is 346 Å². The zero-order valence-electron chi connectivity index (χ0n) is 30.3. The van der Waals surface area contributed by atoms with E-state index < -0.39 is 0 Å². The zero-order chi connectivity index (χ0) is 35.7. The Kier molecular flexibility index (Phi) is 16.5. The molecule has 8 fully saturated rings. The van der Waals surface area contributed by atoms with E-state index in [9.17, 15) is 24.6 Å². The number of halogens is 2. The van der Waals surface area contributed by atoms with Gasteiger partial charge in [-0.2, -0.15) is 0 Å². The zero-order valence-corrected chi connectivity index (χ0v) is 37.4. The van der Waals surface area contributed by atoms with Gasteiger partial charge in [-0.25, -0.2) is 30.1 Å². The Bertz CT molecular complexity index is 1210. The predicted octanol–water partition coefficient (Wildman–Crippen LogP) is 3.80. The molecule has 6 saturated heterocycles. The molecule has 0 amide bonds. The molecule has 1 radical (unpaired) electrons. The standard InChI is InChI=1S/2C12H20N2O2.C12H18N2O.2HI.2V/c1-8-9-5-11(12(16)6-9)14(8)13-4-2-3-10(13)7-15;1-8-11-5-10(6-12(11)16)14(8)13-4-2-3-9(13)7-15;1-9-10-4-5-11(7-10)14(9)13-6-2-3-12(13)8-15;;;;/h2*7-12,16H,2-6H2,1H3;4-5,8-12H,2-3,6-7H2,1H3;2*1H;;/q;;;;;;+2/p-2/t8?,9?,10-,11?,12?;8?,9-,10?,11?,12?;9?,10?,11?,12-;;;;/m000..../s1. The van der Waals surface area contributed by atoms with Gasteiger partial charge in [0, 0.05) is 74.3 Å². The minimum atomic E-state index is -0.186. The molecule has 286 valence electrons. The van der Waals surface area contributed by atoms with Crippen molar-refractivity contribution in [3.63, 3.8) is 0 Å².